The van der Waals surface area contributed by atoms with Gasteiger partial charge in [0.1, 0.15) is 0 Å². The Labute approximate surface area is 157 Å². The molecular weight excluding hydrogens is 322 g/mol. The number of benzene rings is 1. The largest absolute Gasteiger partial charge is 0.357 e. The van der Waals surface area contributed by atoms with E-state index in [0.717, 1.165) is 37.7 Å². The molecule has 0 aliphatic carbocycles. The second-order valence-corrected chi connectivity index (χ2v) is 7.39. The highest BCUT2D eigenvalue weighted by Gasteiger charge is 2.20. The predicted octanol–water partition coefficient (Wildman–Crippen LogP) is 3.11. The van der Waals surface area contributed by atoms with E-state index in [0.29, 0.717) is 0 Å². The van der Waals surface area contributed by atoms with Crippen molar-refractivity contribution in [3.8, 4) is 0 Å². The fourth-order valence-corrected chi connectivity index (χ4v) is 3.08. The van der Waals surface area contributed by atoms with E-state index in [1.807, 2.05) is 11.7 Å². The topological polar surface area (TPSA) is 54.2 Å². The first kappa shape index (κ1) is 20.0. The minimum atomic E-state index is 0.000137. The first-order chi connectivity index (χ1) is 12.3. The summed E-state index contributed by atoms with van der Waals surface area (Å²) in [5.41, 5.74) is 4.97. The highest BCUT2D eigenvalue weighted by Crippen LogP contribution is 2.22. The Hall–Kier alpha value is -2.30. The van der Waals surface area contributed by atoms with Crippen LogP contribution in [-0.2, 0) is 18.9 Å². The van der Waals surface area contributed by atoms with Crippen molar-refractivity contribution >= 4 is 5.96 Å². The standard InChI is InChI=1S/C21H33N5/c1-7-22-20(23-14-13-19-16(2)25-26(6)17(19)3)24-15-21(4,5)18-11-9-8-10-12-18/h8-12H,7,13-15H2,1-6H3,(H2,22,23,24). The molecule has 1 heterocycles. The number of aromatic nitrogens is 2. The summed E-state index contributed by atoms with van der Waals surface area (Å²) in [4.78, 5) is 4.82. The molecule has 2 N–H and O–H groups in total. The van der Waals surface area contributed by atoms with Crippen LogP contribution in [0, 0.1) is 13.8 Å². The summed E-state index contributed by atoms with van der Waals surface area (Å²) in [6.07, 6.45) is 0.942. The Bertz CT molecular complexity index is 728. The number of hydrogen-bond acceptors (Lipinski definition) is 2. The lowest BCUT2D eigenvalue weighted by Gasteiger charge is -2.24. The van der Waals surface area contributed by atoms with Gasteiger partial charge in [-0.15, -0.1) is 0 Å². The van der Waals surface area contributed by atoms with Crippen LogP contribution in [0.15, 0.2) is 35.3 Å². The summed E-state index contributed by atoms with van der Waals surface area (Å²) in [6, 6.07) is 10.6. The minimum absolute atomic E-state index is 0.000137. The zero-order valence-electron chi connectivity index (χ0n) is 17.1. The van der Waals surface area contributed by atoms with E-state index in [1.165, 1.54) is 16.8 Å². The number of hydrogen-bond donors (Lipinski definition) is 2. The molecule has 0 fully saturated rings. The molecule has 0 aliphatic heterocycles. The van der Waals surface area contributed by atoms with Crippen molar-refractivity contribution < 1.29 is 0 Å². The van der Waals surface area contributed by atoms with E-state index < -0.39 is 0 Å². The quantitative estimate of drug-likeness (QED) is 0.593. The van der Waals surface area contributed by atoms with Crippen LogP contribution in [0.25, 0.3) is 0 Å². The lowest BCUT2D eigenvalue weighted by molar-refractivity contribution is 0.537. The third-order valence-corrected chi connectivity index (χ3v) is 4.86. The Morgan fingerprint density at radius 2 is 1.85 bits per heavy atom. The maximum atomic E-state index is 4.82. The summed E-state index contributed by atoms with van der Waals surface area (Å²) in [5.74, 6) is 0.871. The van der Waals surface area contributed by atoms with E-state index in [2.05, 4.69) is 80.7 Å². The average molecular weight is 356 g/mol. The summed E-state index contributed by atoms with van der Waals surface area (Å²) in [6.45, 7) is 13.2. The van der Waals surface area contributed by atoms with E-state index in [-0.39, 0.29) is 5.41 Å². The van der Waals surface area contributed by atoms with E-state index in [4.69, 9.17) is 4.99 Å². The molecule has 1 aromatic carbocycles. The molecule has 0 saturated carbocycles. The van der Waals surface area contributed by atoms with Crippen LogP contribution in [0.4, 0.5) is 0 Å². The maximum absolute atomic E-state index is 4.82. The zero-order chi connectivity index (χ0) is 19.2. The van der Waals surface area contributed by atoms with Gasteiger partial charge in [0.25, 0.3) is 0 Å². The Morgan fingerprint density at radius 3 is 2.42 bits per heavy atom. The molecule has 142 valence electrons. The molecule has 0 bridgehead atoms. The molecule has 1 aromatic heterocycles. The van der Waals surface area contributed by atoms with Crippen LogP contribution in [0.3, 0.4) is 0 Å². The van der Waals surface area contributed by atoms with Crippen molar-refractivity contribution in [1.82, 2.24) is 20.4 Å². The zero-order valence-corrected chi connectivity index (χ0v) is 17.1. The Kier molecular flexibility index (Phi) is 6.83. The Balaban J connectivity index is 1.98. The van der Waals surface area contributed by atoms with Gasteiger partial charge in [-0.3, -0.25) is 9.67 Å². The molecule has 5 heteroatoms. The van der Waals surface area contributed by atoms with Crippen LogP contribution in [0.1, 0.15) is 43.3 Å². The SMILES string of the molecule is CCNC(=NCC(C)(C)c1ccccc1)NCCc1c(C)nn(C)c1C. The minimum Gasteiger partial charge on any atom is -0.357 e. The van der Waals surface area contributed by atoms with Gasteiger partial charge in [0.15, 0.2) is 5.96 Å². The highest BCUT2D eigenvalue weighted by atomic mass is 15.3. The van der Waals surface area contributed by atoms with E-state index >= 15 is 0 Å². The number of guanidine groups is 1. The normalized spacial score (nSPS) is 12.3. The summed E-state index contributed by atoms with van der Waals surface area (Å²) < 4.78 is 1.95. The third-order valence-electron chi connectivity index (χ3n) is 4.86. The van der Waals surface area contributed by atoms with Crippen molar-refractivity contribution in [2.45, 2.75) is 46.5 Å². The molecule has 0 atom stereocenters. The molecular formula is C21H33N5. The van der Waals surface area contributed by atoms with Crippen molar-refractivity contribution in [1.29, 1.82) is 0 Å². The molecule has 0 radical (unpaired) electrons. The highest BCUT2D eigenvalue weighted by molar-refractivity contribution is 5.79. The van der Waals surface area contributed by atoms with Crippen molar-refractivity contribution in [2.24, 2.45) is 12.0 Å². The molecule has 26 heavy (non-hydrogen) atoms. The predicted molar refractivity (Wildman–Crippen MR) is 110 cm³/mol. The van der Waals surface area contributed by atoms with Crippen LogP contribution in [-0.4, -0.2) is 35.4 Å². The summed E-state index contributed by atoms with van der Waals surface area (Å²) in [5, 5.41) is 11.3. The van der Waals surface area contributed by atoms with Crippen LogP contribution < -0.4 is 10.6 Å². The van der Waals surface area contributed by atoms with Gasteiger partial charge in [-0.25, -0.2) is 0 Å². The Morgan fingerprint density at radius 1 is 1.15 bits per heavy atom. The maximum Gasteiger partial charge on any atom is 0.191 e. The second kappa shape index (κ2) is 8.88. The average Bonchev–Trinajstić information content (AvgIpc) is 2.86. The van der Waals surface area contributed by atoms with Gasteiger partial charge in [-0.1, -0.05) is 44.2 Å². The monoisotopic (exact) mass is 355 g/mol. The lowest BCUT2D eigenvalue weighted by Crippen LogP contribution is -2.39. The van der Waals surface area contributed by atoms with Gasteiger partial charge in [0.2, 0.25) is 0 Å². The number of nitrogens with zero attached hydrogens (tertiary/aromatic N) is 3. The number of aryl methyl sites for hydroxylation is 2. The van der Waals surface area contributed by atoms with Crippen LogP contribution in [0.2, 0.25) is 0 Å². The number of nitrogens with one attached hydrogen (secondary N) is 2. The van der Waals surface area contributed by atoms with Gasteiger partial charge in [0.05, 0.1) is 12.2 Å². The molecule has 5 nitrogen and oxygen atoms in total. The van der Waals surface area contributed by atoms with Gasteiger partial charge in [-0.05, 0) is 38.3 Å². The molecule has 2 rings (SSSR count). The third kappa shape index (κ3) is 5.10. The summed E-state index contributed by atoms with van der Waals surface area (Å²) >= 11 is 0. The molecule has 0 aliphatic rings. The lowest BCUT2D eigenvalue weighted by atomic mass is 9.85. The van der Waals surface area contributed by atoms with E-state index in [9.17, 15) is 0 Å². The second-order valence-electron chi connectivity index (χ2n) is 7.39. The van der Waals surface area contributed by atoms with Crippen LogP contribution >= 0.6 is 0 Å². The smallest absolute Gasteiger partial charge is 0.191 e. The van der Waals surface area contributed by atoms with E-state index in [1.54, 1.807) is 0 Å². The van der Waals surface area contributed by atoms with Gasteiger partial charge < -0.3 is 10.6 Å². The van der Waals surface area contributed by atoms with Gasteiger partial charge >= 0.3 is 0 Å². The first-order valence-electron chi connectivity index (χ1n) is 9.42. The van der Waals surface area contributed by atoms with Crippen molar-refractivity contribution in [2.75, 3.05) is 19.6 Å². The number of aliphatic imine (C=N–C) groups is 1. The molecule has 0 unspecified atom stereocenters. The fourth-order valence-electron chi connectivity index (χ4n) is 3.08. The van der Waals surface area contributed by atoms with Crippen molar-refractivity contribution in [3.63, 3.8) is 0 Å². The van der Waals surface area contributed by atoms with Crippen molar-refractivity contribution in [3.05, 3.63) is 52.8 Å². The van der Waals surface area contributed by atoms with Gasteiger partial charge in [-0.2, -0.15) is 5.10 Å². The first-order valence-corrected chi connectivity index (χ1v) is 9.42. The fraction of sp³-hybridized carbons (Fsp3) is 0.524. The molecule has 0 saturated heterocycles. The molecule has 0 amide bonds. The summed E-state index contributed by atoms with van der Waals surface area (Å²) in [7, 11) is 2.00. The van der Waals surface area contributed by atoms with Crippen LogP contribution in [0.5, 0.6) is 0 Å². The van der Waals surface area contributed by atoms with Gasteiger partial charge in [0, 0.05) is 31.2 Å². The molecule has 0 spiro atoms. The number of rotatable bonds is 7. The molecule has 2 aromatic rings.